The second-order valence-electron chi connectivity index (χ2n) is 6.61. The van der Waals surface area contributed by atoms with Crippen molar-refractivity contribution in [3.05, 3.63) is 59.4 Å². The molecule has 0 spiro atoms. The summed E-state index contributed by atoms with van der Waals surface area (Å²) < 4.78 is 13.1. The van der Waals surface area contributed by atoms with E-state index in [2.05, 4.69) is 23.3 Å². The number of likely N-dealkylation sites (tertiary alicyclic amines) is 1. The lowest BCUT2D eigenvalue weighted by atomic mass is 9.86. The molecule has 1 N–H and O–H groups in total. The summed E-state index contributed by atoms with van der Waals surface area (Å²) in [6, 6.07) is 12.5. The fourth-order valence-corrected chi connectivity index (χ4v) is 3.86. The topological polar surface area (TPSA) is 32.3 Å². The molecule has 0 bridgehead atoms. The molecule has 2 aliphatic heterocycles. The summed E-state index contributed by atoms with van der Waals surface area (Å²) in [5.41, 5.74) is 3.77. The number of likely N-dealkylation sites (N-methyl/N-ethyl adjacent to an activating group) is 1. The Morgan fingerprint density at radius 1 is 1.09 bits per heavy atom. The minimum Gasteiger partial charge on any atom is -0.352 e. The zero-order valence-electron chi connectivity index (χ0n) is 13.1. The number of carbonyl (C=O) groups is 1. The van der Waals surface area contributed by atoms with Gasteiger partial charge in [0, 0.05) is 31.1 Å². The summed E-state index contributed by atoms with van der Waals surface area (Å²) in [6.45, 7) is 2.74. The van der Waals surface area contributed by atoms with Crippen LogP contribution in [-0.4, -0.2) is 37.5 Å². The van der Waals surface area contributed by atoms with E-state index in [1.165, 1.54) is 12.1 Å². The minimum atomic E-state index is -0.252. The van der Waals surface area contributed by atoms with Gasteiger partial charge in [0.2, 0.25) is 0 Å². The predicted molar refractivity (Wildman–Crippen MR) is 87.9 cm³/mol. The molecule has 2 aromatic carbocycles. The smallest absolute Gasteiger partial charge is 0.251 e. The molecule has 2 unspecified atom stereocenters. The van der Waals surface area contributed by atoms with Crippen molar-refractivity contribution in [3.8, 4) is 11.1 Å². The molecule has 0 aromatic heterocycles. The van der Waals surface area contributed by atoms with Crippen molar-refractivity contribution in [2.24, 2.45) is 5.92 Å². The Balaban J connectivity index is 1.78. The van der Waals surface area contributed by atoms with Crippen LogP contribution in [0.5, 0.6) is 0 Å². The maximum absolute atomic E-state index is 13.1. The standard InChI is InChI=1S/C19H19FN2O/c1-22-10-14-9-21-19(23)17-8-13(4-7-16(17)18(14)11-22)12-2-5-15(20)6-3-12/h2-8,14,18H,9-11H2,1H3,(H,21,23). The maximum Gasteiger partial charge on any atom is 0.251 e. The Morgan fingerprint density at radius 2 is 1.83 bits per heavy atom. The van der Waals surface area contributed by atoms with Crippen molar-refractivity contribution in [2.45, 2.75) is 5.92 Å². The summed E-state index contributed by atoms with van der Waals surface area (Å²) in [5.74, 6) is 0.622. The third-order valence-corrected chi connectivity index (χ3v) is 5.02. The normalized spacial score (nSPS) is 23.8. The molecule has 0 aliphatic carbocycles. The highest BCUT2D eigenvalue weighted by Gasteiger charge is 2.36. The molecule has 118 valence electrons. The second kappa shape index (κ2) is 5.46. The quantitative estimate of drug-likeness (QED) is 0.878. The Morgan fingerprint density at radius 3 is 2.61 bits per heavy atom. The Kier molecular flexibility index (Phi) is 3.42. The number of rotatable bonds is 1. The van der Waals surface area contributed by atoms with Crippen LogP contribution >= 0.6 is 0 Å². The van der Waals surface area contributed by atoms with Gasteiger partial charge in [0.1, 0.15) is 5.82 Å². The van der Waals surface area contributed by atoms with E-state index in [0.717, 1.165) is 41.9 Å². The Labute approximate surface area is 135 Å². The molecule has 2 aromatic rings. The molecule has 1 saturated heterocycles. The van der Waals surface area contributed by atoms with Crippen molar-refractivity contribution in [1.82, 2.24) is 10.2 Å². The number of amides is 1. The van der Waals surface area contributed by atoms with Gasteiger partial charge in [0.15, 0.2) is 0 Å². The van der Waals surface area contributed by atoms with Gasteiger partial charge in [0.25, 0.3) is 5.91 Å². The summed E-state index contributed by atoms with van der Waals surface area (Å²) in [4.78, 5) is 14.8. The lowest BCUT2D eigenvalue weighted by Gasteiger charge is -2.17. The molecule has 2 atom stereocenters. The zero-order chi connectivity index (χ0) is 16.0. The van der Waals surface area contributed by atoms with Gasteiger partial charge in [-0.25, -0.2) is 4.39 Å². The number of fused-ring (bicyclic) bond motifs is 3. The van der Waals surface area contributed by atoms with Gasteiger partial charge in [-0.1, -0.05) is 24.3 Å². The van der Waals surface area contributed by atoms with Crippen LogP contribution < -0.4 is 5.32 Å². The van der Waals surface area contributed by atoms with Crippen LogP contribution in [0.3, 0.4) is 0 Å². The molecule has 23 heavy (non-hydrogen) atoms. The number of carbonyl (C=O) groups excluding carboxylic acids is 1. The number of nitrogens with zero attached hydrogens (tertiary/aromatic N) is 1. The lowest BCUT2D eigenvalue weighted by Crippen LogP contribution is -2.29. The number of halogens is 1. The number of hydrogen-bond donors (Lipinski definition) is 1. The van der Waals surface area contributed by atoms with Crippen LogP contribution in [0.1, 0.15) is 21.8 Å². The molecule has 0 saturated carbocycles. The minimum absolute atomic E-state index is 0.000940. The van der Waals surface area contributed by atoms with Crippen LogP contribution in [0.15, 0.2) is 42.5 Å². The van der Waals surface area contributed by atoms with Crippen LogP contribution in [-0.2, 0) is 0 Å². The van der Waals surface area contributed by atoms with E-state index in [9.17, 15) is 9.18 Å². The van der Waals surface area contributed by atoms with Crippen molar-refractivity contribution in [2.75, 3.05) is 26.7 Å². The third kappa shape index (κ3) is 2.53. The summed E-state index contributed by atoms with van der Waals surface area (Å²) >= 11 is 0. The van der Waals surface area contributed by atoms with Crippen molar-refractivity contribution < 1.29 is 9.18 Å². The first kappa shape index (κ1) is 14.4. The van der Waals surface area contributed by atoms with Crippen LogP contribution in [0.2, 0.25) is 0 Å². The highest BCUT2D eigenvalue weighted by atomic mass is 19.1. The van der Waals surface area contributed by atoms with E-state index < -0.39 is 0 Å². The predicted octanol–water partition coefficient (Wildman–Crippen LogP) is 2.88. The van der Waals surface area contributed by atoms with Crippen molar-refractivity contribution in [3.63, 3.8) is 0 Å². The molecule has 2 aliphatic rings. The average molecular weight is 310 g/mol. The van der Waals surface area contributed by atoms with E-state index in [1.54, 1.807) is 12.1 Å². The Hall–Kier alpha value is -2.20. The van der Waals surface area contributed by atoms with Crippen molar-refractivity contribution in [1.29, 1.82) is 0 Å². The first-order valence-corrected chi connectivity index (χ1v) is 7.98. The molecular formula is C19H19FN2O. The molecule has 0 radical (unpaired) electrons. The molecule has 4 heteroatoms. The second-order valence-corrected chi connectivity index (χ2v) is 6.61. The summed E-state index contributed by atoms with van der Waals surface area (Å²) in [7, 11) is 2.13. The summed E-state index contributed by atoms with van der Waals surface area (Å²) in [5, 5.41) is 3.05. The molecule has 2 heterocycles. The van der Waals surface area contributed by atoms with Gasteiger partial charge in [-0.2, -0.15) is 0 Å². The zero-order valence-corrected chi connectivity index (χ0v) is 13.1. The van der Waals surface area contributed by atoms with Gasteiger partial charge in [0.05, 0.1) is 0 Å². The number of hydrogen-bond acceptors (Lipinski definition) is 2. The first-order chi connectivity index (χ1) is 11.1. The maximum atomic E-state index is 13.1. The van der Waals surface area contributed by atoms with Gasteiger partial charge >= 0.3 is 0 Å². The van der Waals surface area contributed by atoms with E-state index in [0.29, 0.717) is 11.8 Å². The van der Waals surface area contributed by atoms with Gasteiger partial charge in [-0.3, -0.25) is 4.79 Å². The first-order valence-electron chi connectivity index (χ1n) is 7.98. The monoisotopic (exact) mass is 310 g/mol. The molecular weight excluding hydrogens is 291 g/mol. The number of benzene rings is 2. The number of nitrogens with one attached hydrogen (secondary N) is 1. The Bertz CT molecular complexity index is 756. The SMILES string of the molecule is CN1CC2CNC(=O)c3cc(-c4ccc(F)cc4)ccc3C2C1. The van der Waals surface area contributed by atoms with E-state index in [4.69, 9.17) is 0 Å². The van der Waals surface area contributed by atoms with Gasteiger partial charge in [-0.15, -0.1) is 0 Å². The molecule has 1 amide bonds. The van der Waals surface area contributed by atoms with Crippen LogP contribution in [0.4, 0.5) is 4.39 Å². The van der Waals surface area contributed by atoms with Crippen LogP contribution in [0.25, 0.3) is 11.1 Å². The van der Waals surface area contributed by atoms with E-state index >= 15 is 0 Å². The van der Waals surface area contributed by atoms with E-state index in [-0.39, 0.29) is 11.7 Å². The summed E-state index contributed by atoms with van der Waals surface area (Å²) in [6.07, 6.45) is 0. The largest absolute Gasteiger partial charge is 0.352 e. The highest BCUT2D eigenvalue weighted by Crippen LogP contribution is 2.37. The van der Waals surface area contributed by atoms with Gasteiger partial charge in [-0.05, 0) is 47.9 Å². The molecule has 3 nitrogen and oxygen atoms in total. The third-order valence-electron chi connectivity index (χ3n) is 5.02. The highest BCUT2D eigenvalue weighted by molar-refractivity contribution is 5.97. The lowest BCUT2D eigenvalue weighted by molar-refractivity contribution is 0.0951. The average Bonchev–Trinajstić information content (AvgIpc) is 2.88. The van der Waals surface area contributed by atoms with Gasteiger partial charge < -0.3 is 10.2 Å². The molecule has 1 fully saturated rings. The van der Waals surface area contributed by atoms with Crippen molar-refractivity contribution >= 4 is 5.91 Å². The fourth-order valence-electron chi connectivity index (χ4n) is 3.86. The van der Waals surface area contributed by atoms with E-state index in [1.807, 2.05) is 12.1 Å². The van der Waals surface area contributed by atoms with Crippen LogP contribution in [0, 0.1) is 11.7 Å². The fraction of sp³-hybridized carbons (Fsp3) is 0.316. The molecule has 4 rings (SSSR count).